The molecule has 3 atom stereocenters. The van der Waals surface area contributed by atoms with E-state index in [4.69, 9.17) is 10.8 Å². The van der Waals surface area contributed by atoms with Gasteiger partial charge >= 0.3 is 5.97 Å². The quantitative estimate of drug-likeness (QED) is 0.652. The number of rotatable bonds is 5. The predicted octanol–water partition coefficient (Wildman–Crippen LogP) is -0.0123. The van der Waals surface area contributed by atoms with E-state index >= 15 is 0 Å². The summed E-state index contributed by atoms with van der Waals surface area (Å²) < 4.78 is 0. The fourth-order valence-electron chi connectivity index (χ4n) is 2.48. The zero-order chi connectivity index (χ0) is 10.1. The molecule has 4 heteroatoms. The highest BCUT2D eigenvalue weighted by Crippen LogP contribution is 2.44. The van der Waals surface area contributed by atoms with Crippen LogP contribution in [-0.2, 0) is 4.79 Å². The number of nitrogens with zero attached hydrogens (tertiary/aromatic N) is 1. The van der Waals surface area contributed by atoms with E-state index < -0.39 is 5.97 Å². The predicted molar refractivity (Wildman–Crippen MR) is 52.8 cm³/mol. The van der Waals surface area contributed by atoms with Crippen LogP contribution in [0.3, 0.4) is 0 Å². The van der Waals surface area contributed by atoms with Crippen LogP contribution in [-0.4, -0.2) is 42.2 Å². The molecule has 0 amide bonds. The summed E-state index contributed by atoms with van der Waals surface area (Å²) in [4.78, 5) is 12.9. The number of likely N-dealkylation sites (tertiary alicyclic amines) is 1. The standard InChI is InChI=1S/C10H18N2O2/c11-3-7(1-10(13)14)4-12-5-8-2-9(8)6-12/h7-9H,1-6,11H2,(H,13,14). The zero-order valence-corrected chi connectivity index (χ0v) is 8.35. The van der Waals surface area contributed by atoms with Gasteiger partial charge in [-0.05, 0) is 30.7 Å². The molecular formula is C10H18N2O2. The lowest BCUT2D eigenvalue weighted by Gasteiger charge is -2.22. The van der Waals surface area contributed by atoms with Gasteiger partial charge in [0.2, 0.25) is 0 Å². The summed E-state index contributed by atoms with van der Waals surface area (Å²) in [6.45, 7) is 3.69. The highest BCUT2D eigenvalue weighted by Gasteiger charge is 2.45. The van der Waals surface area contributed by atoms with Crippen molar-refractivity contribution in [1.82, 2.24) is 4.90 Å². The minimum atomic E-state index is -0.732. The molecule has 1 aliphatic heterocycles. The minimum absolute atomic E-state index is 0.130. The van der Waals surface area contributed by atoms with Crippen LogP contribution in [0.2, 0.25) is 0 Å². The normalized spacial score (nSPS) is 32.6. The molecule has 2 fully saturated rings. The maximum atomic E-state index is 10.5. The first-order valence-electron chi connectivity index (χ1n) is 5.33. The zero-order valence-electron chi connectivity index (χ0n) is 8.35. The van der Waals surface area contributed by atoms with E-state index in [9.17, 15) is 4.79 Å². The number of carboxylic acids is 1. The van der Waals surface area contributed by atoms with Crippen molar-refractivity contribution < 1.29 is 9.90 Å². The fourth-order valence-corrected chi connectivity index (χ4v) is 2.48. The second-order valence-corrected chi connectivity index (χ2v) is 4.67. The lowest BCUT2D eigenvalue weighted by Crippen LogP contribution is -2.33. The summed E-state index contributed by atoms with van der Waals surface area (Å²) in [5.41, 5.74) is 5.56. The van der Waals surface area contributed by atoms with Gasteiger partial charge in [-0.25, -0.2) is 0 Å². The molecule has 1 aliphatic carbocycles. The molecule has 3 N–H and O–H groups in total. The Morgan fingerprint density at radius 2 is 2.14 bits per heavy atom. The Morgan fingerprint density at radius 1 is 1.50 bits per heavy atom. The third kappa shape index (κ3) is 2.25. The maximum Gasteiger partial charge on any atom is 0.303 e. The Balaban J connectivity index is 1.73. The van der Waals surface area contributed by atoms with Crippen molar-refractivity contribution in [2.24, 2.45) is 23.5 Å². The van der Waals surface area contributed by atoms with Crippen LogP contribution in [0.5, 0.6) is 0 Å². The summed E-state index contributed by atoms with van der Waals surface area (Å²) in [5.74, 6) is 1.23. The van der Waals surface area contributed by atoms with Crippen LogP contribution in [0.1, 0.15) is 12.8 Å². The summed E-state index contributed by atoms with van der Waals surface area (Å²) in [7, 11) is 0. The van der Waals surface area contributed by atoms with Crippen molar-refractivity contribution in [2.75, 3.05) is 26.2 Å². The summed E-state index contributed by atoms with van der Waals surface area (Å²) >= 11 is 0. The van der Waals surface area contributed by atoms with Crippen molar-refractivity contribution in [3.05, 3.63) is 0 Å². The van der Waals surface area contributed by atoms with E-state index in [0.29, 0.717) is 6.54 Å². The number of hydrogen-bond donors (Lipinski definition) is 2. The van der Waals surface area contributed by atoms with Crippen LogP contribution < -0.4 is 5.73 Å². The van der Waals surface area contributed by atoms with Crippen molar-refractivity contribution in [1.29, 1.82) is 0 Å². The second kappa shape index (κ2) is 3.87. The Bertz CT molecular complexity index is 222. The summed E-state index contributed by atoms with van der Waals surface area (Å²) in [6.07, 6.45) is 1.60. The molecular weight excluding hydrogens is 180 g/mol. The van der Waals surface area contributed by atoms with Gasteiger partial charge in [-0.15, -0.1) is 0 Å². The Labute approximate surface area is 84.1 Å². The minimum Gasteiger partial charge on any atom is -0.481 e. The molecule has 2 aliphatic rings. The van der Waals surface area contributed by atoms with Crippen LogP contribution in [0.15, 0.2) is 0 Å². The fraction of sp³-hybridized carbons (Fsp3) is 0.900. The molecule has 0 spiro atoms. The summed E-state index contributed by atoms with van der Waals surface area (Å²) in [5, 5.41) is 8.68. The van der Waals surface area contributed by atoms with Gasteiger partial charge in [0.05, 0.1) is 6.42 Å². The smallest absolute Gasteiger partial charge is 0.303 e. The number of nitrogens with two attached hydrogens (primary N) is 1. The highest BCUT2D eigenvalue weighted by atomic mass is 16.4. The van der Waals surface area contributed by atoms with Crippen molar-refractivity contribution in [3.8, 4) is 0 Å². The molecule has 1 saturated heterocycles. The van der Waals surface area contributed by atoms with E-state index in [-0.39, 0.29) is 12.3 Å². The average molecular weight is 198 g/mol. The van der Waals surface area contributed by atoms with E-state index in [1.165, 1.54) is 19.5 Å². The highest BCUT2D eigenvalue weighted by molar-refractivity contribution is 5.67. The first-order chi connectivity index (χ1) is 6.69. The van der Waals surface area contributed by atoms with Crippen LogP contribution >= 0.6 is 0 Å². The molecule has 4 nitrogen and oxygen atoms in total. The van der Waals surface area contributed by atoms with E-state index in [0.717, 1.165) is 18.4 Å². The van der Waals surface area contributed by atoms with Gasteiger partial charge in [0.25, 0.3) is 0 Å². The molecule has 0 radical (unpaired) electrons. The molecule has 0 aromatic rings. The van der Waals surface area contributed by atoms with Gasteiger partial charge in [0.15, 0.2) is 0 Å². The van der Waals surface area contributed by atoms with Gasteiger partial charge in [-0.3, -0.25) is 4.79 Å². The number of piperidine rings is 1. The molecule has 0 aromatic carbocycles. The SMILES string of the molecule is NCC(CC(=O)O)CN1CC2CC2C1. The number of carboxylic acid groups (broad SMARTS) is 1. The molecule has 14 heavy (non-hydrogen) atoms. The molecule has 0 aromatic heterocycles. The van der Waals surface area contributed by atoms with Gasteiger partial charge in [0.1, 0.15) is 0 Å². The van der Waals surface area contributed by atoms with E-state index in [2.05, 4.69) is 4.90 Å². The van der Waals surface area contributed by atoms with Crippen molar-refractivity contribution in [2.45, 2.75) is 12.8 Å². The van der Waals surface area contributed by atoms with Gasteiger partial charge in [-0.2, -0.15) is 0 Å². The summed E-state index contributed by atoms with van der Waals surface area (Å²) in [6, 6.07) is 0. The number of aliphatic carboxylic acids is 1. The first-order valence-corrected chi connectivity index (χ1v) is 5.33. The lowest BCUT2D eigenvalue weighted by molar-refractivity contribution is -0.138. The molecule has 0 bridgehead atoms. The van der Waals surface area contributed by atoms with E-state index in [1.807, 2.05) is 0 Å². The topological polar surface area (TPSA) is 66.6 Å². The molecule has 80 valence electrons. The lowest BCUT2D eigenvalue weighted by atomic mass is 10.1. The van der Waals surface area contributed by atoms with Crippen LogP contribution in [0, 0.1) is 17.8 Å². The second-order valence-electron chi connectivity index (χ2n) is 4.67. The average Bonchev–Trinajstić information content (AvgIpc) is 2.72. The van der Waals surface area contributed by atoms with Gasteiger partial charge in [-0.1, -0.05) is 0 Å². The first kappa shape index (κ1) is 9.93. The third-order valence-corrected chi connectivity index (χ3v) is 3.37. The molecule has 1 heterocycles. The Kier molecular flexibility index (Phi) is 2.74. The Hall–Kier alpha value is -0.610. The third-order valence-electron chi connectivity index (χ3n) is 3.37. The van der Waals surface area contributed by atoms with Crippen LogP contribution in [0.25, 0.3) is 0 Å². The largest absolute Gasteiger partial charge is 0.481 e. The molecule has 1 saturated carbocycles. The van der Waals surface area contributed by atoms with Gasteiger partial charge < -0.3 is 15.7 Å². The number of hydrogen-bond acceptors (Lipinski definition) is 3. The Morgan fingerprint density at radius 3 is 2.64 bits per heavy atom. The van der Waals surface area contributed by atoms with E-state index in [1.54, 1.807) is 0 Å². The number of carbonyl (C=O) groups is 1. The molecule has 3 unspecified atom stereocenters. The monoisotopic (exact) mass is 198 g/mol. The number of fused-ring (bicyclic) bond motifs is 1. The van der Waals surface area contributed by atoms with Crippen molar-refractivity contribution >= 4 is 5.97 Å². The maximum absolute atomic E-state index is 10.5. The van der Waals surface area contributed by atoms with Crippen molar-refractivity contribution in [3.63, 3.8) is 0 Å². The molecule has 2 rings (SSSR count). The van der Waals surface area contributed by atoms with Crippen LogP contribution in [0.4, 0.5) is 0 Å². The van der Waals surface area contributed by atoms with Gasteiger partial charge in [0, 0.05) is 19.6 Å².